The van der Waals surface area contributed by atoms with Crippen molar-refractivity contribution in [2.45, 2.75) is 173 Å². The lowest BCUT2D eigenvalue weighted by Gasteiger charge is -2.41. The van der Waals surface area contributed by atoms with Crippen molar-refractivity contribution in [1.82, 2.24) is 0 Å². The number of carbonyl (C=O) groups is 1. The molecule has 0 aromatic carbocycles. The van der Waals surface area contributed by atoms with Crippen LogP contribution in [0.2, 0.25) is 0 Å². The van der Waals surface area contributed by atoms with Crippen LogP contribution in [0, 0.1) is 0 Å². The lowest BCUT2D eigenvalue weighted by molar-refractivity contribution is -0.301. The SMILES string of the molecule is CC/C=C\C/C=C\C/C=C\C/C=C\CCCCCCCCCCCCCCCOCC(COC1OC(CO)C(O)C(OS(=O)(=O)O)C1O)OC(=O)CC. The van der Waals surface area contributed by atoms with E-state index in [0.717, 1.165) is 44.9 Å². The van der Waals surface area contributed by atoms with Crippen LogP contribution in [-0.2, 0) is 38.3 Å². The maximum absolute atomic E-state index is 11.9. The van der Waals surface area contributed by atoms with Crippen LogP contribution in [0.25, 0.3) is 0 Å². The Morgan fingerprint density at radius 1 is 0.717 bits per heavy atom. The summed E-state index contributed by atoms with van der Waals surface area (Å²) in [6.07, 6.45) is 30.0. The van der Waals surface area contributed by atoms with E-state index < -0.39 is 59.8 Å². The number of rotatable bonds is 33. The molecule has 12 nitrogen and oxygen atoms in total. The number of aliphatic hydroxyl groups excluding tert-OH is 3. The highest BCUT2D eigenvalue weighted by Gasteiger charge is 2.48. The number of hydrogen-bond donors (Lipinski definition) is 4. The first-order chi connectivity index (χ1) is 25.6. The minimum atomic E-state index is -5.04. The number of carbonyl (C=O) groups excluding carboxylic acids is 1. The summed E-state index contributed by atoms with van der Waals surface area (Å²) >= 11 is 0. The van der Waals surface area contributed by atoms with Crippen LogP contribution in [0.15, 0.2) is 48.6 Å². The molecule has 0 saturated carbocycles. The van der Waals surface area contributed by atoms with Crippen LogP contribution in [0.4, 0.5) is 0 Å². The van der Waals surface area contributed by atoms with Crippen molar-refractivity contribution in [3.63, 3.8) is 0 Å². The molecule has 0 amide bonds. The third kappa shape index (κ3) is 26.5. The van der Waals surface area contributed by atoms with Crippen molar-refractivity contribution in [2.24, 2.45) is 0 Å². The maximum atomic E-state index is 11.9. The third-order valence-corrected chi connectivity index (χ3v) is 9.24. The molecule has 53 heavy (non-hydrogen) atoms. The van der Waals surface area contributed by atoms with E-state index >= 15 is 0 Å². The summed E-state index contributed by atoms with van der Waals surface area (Å²) in [6.45, 7) is 3.25. The second-order valence-electron chi connectivity index (χ2n) is 13.5. The summed E-state index contributed by atoms with van der Waals surface area (Å²) in [6, 6.07) is 0. The minimum Gasteiger partial charge on any atom is -0.457 e. The molecule has 0 aromatic rings. The van der Waals surface area contributed by atoms with E-state index in [2.05, 4.69) is 59.7 Å². The highest BCUT2D eigenvalue weighted by atomic mass is 32.3. The molecule has 0 aromatic heterocycles. The average Bonchev–Trinajstić information content (AvgIpc) is 3.13. The van der Waals surface area contributed by atoms with Gasteiger partial charge in [0, 0.05) is 13.0 Å². The Hall–Kier alpha value is -1.94. The van der Waals surface area contributed by atoms with Crippen LogP contribution >= 0.6 is 0 Å². The summed E-state index contributed by atoms with van der Waals surface area (Å²) in [5.41, 5.74) is 0. The molecule has 6 unspecified atom stereocenters. The van der Waals surface area contributed by atoms with Gasteiger partial charge in [-0.15, -0.1) is 0 Å². The Bertz CT molecular complexity index is 1120. The first-order valence-electron chi connectivity index (χ1n) is 19.9. The normalized spacial score (nSPS) is 21.8. The van der Waals surface area contributed by atoms with Gasteiger partial charge in [-0.1, -0.05) is 133 Å². The Morgan fingerprint density at radius 2 is 1.23 bits per heavy atom. The molecular weight excluding hydrogens is 704 g/mol. The molecule has 0 spiro atoms. The third-order valence-electron chi connectivity index (χ3n) is 8.77. The topological polar surface area (TPSA) is 178 Å². The predicted octanol–water partition coefficient (Wildman–Crippen LogP) is 7.23. The van der Waals surface area contributed by atoms with E-state index in [4.69, 9.17) is 23.5 Å². The minimum absolute atomic E-state index is 0.0246. The van der Waals surface area contributed by atoms with Crippen molar-refractivity contribution in [1.29, 1.82) is 0 Å². The molecule has 1 fully saturated rings. The average molecular weight is 775 g/mol. The second kappa shape index (κ2) is 32.3. The van der Waals surface area contributed by atoms with E-state index in [9.17, 15) is 28.5 Å². The zero-order chi connectivity index (χ0) is 39.0. The van der Waals surface area contributed by atoms with Crippen molar-refractivity contribution in [3.8, 4) is 0 Å². The molecule has 1 heterocycles. The van der Waals surface area contributed by atoms with Gasteiger partial charge >= 0.3 is 16.4 Å². The van der Waals surface area contributed by atoms with Gasteiger partial charge in [-0.05, 0) is 44.9 Å². The number of aliphatic hydroxyl groups is 3. The maximum Gasteiger partial charge on any atom is 0.397 e. The van der Waals surface area contributed by atoms with Gasteiger partial charge in [0.15, 0.2) is 6.29 Å². The Kier molecular flexibility index (Phi) is 29.9. The summed E-state index contributed by atoms with van der Waals surface area (Å²) in [4.78, 5) is 11.9. The molecule has 1 aliphatic heterocycles. The summed E-state index contributed by atoms with van der Waals surface area (Å²) in [5.74, 6) is -0.489. The smallest absolute Gasteiger partial charge is 0.397 e. The molecule has 6 atom stereocenters. The van der Waals surface area contributed by atoms with Crippen LogP contribution in [0.3, 0.4) is 0 Å². The van der Waals surface area contributed by atoms with E-state index in [1.807, 2.05) is 0 Å². The van der Waals surface area contributed by atoms with Crippen LogP contribution in [0.1, 0.15) is 136 Å². The van der Waals surface area contributed by atoms with Gasteiger partial charge in [-0.3, -0.25) is 9.35 Å². The fourth-order valence-corrected chi connectivity index (χ4v) is 6.26. The number of hydrogen-bond acceptors (Lipinski definition) is 11. The van der Waals surface area contributed by atoms with Gasteiger partial charge in [0.2, 0.25) is 0 Å². The highest BCUT2D eigenvalue weighted by Crippen LogP contribution is 2.26. The van der Waals surface area contributed by atoms with Crippen LogP contribution < -0.4 is 0 Å². The molecule has 4 N–H and O–H groups in total. The number of esters is 1. The van der Waals surface area contributed by atoms with E-state index in [0.29, 0.717) is 6.61 Å². The largest absolute Gasteiger partial charge is 0.457 e. The first-order valence-corrected chi connectivity index (χ1v) is 21.3. The standard InChI is InChI=1S/C40H70O12S/c1-3-5-6-7-8-9-10-11-12-13-14-15-16-17-18-19-20-21-22-23-24-25-26-27-28-29-30-48-32-34(50-36(42)4-2)33-49-40-38(44)39(52-53(45,46)47)37(43)35(31-41)51-40/h5-6,8-9,11-12,14-15,34-35,37-41,43-44H,3-4,7,10,13,16-33H2,1-2H3,(H,45,46,47)/b6-5-,9-8-,12-11-,15-14-. The monoisotopic (exact) mass is 774 g/mol. The quantitative estimate of drug-likeness (QED) is 0.0228. The molecule has 308 valence electrons. The number of allylic oxidation sites excluding steroid dienone is 8. The zero-order valence-corrected chi connectivity index (χ0v) is 33.1. The summed E-state index contributed by atoms with van der Waals surface area (Å²) < 4.78 is 57.7. The first kappa shape index (κ1) is 49.1. The van der Waals surface area contributed by atoms with E-state index in [-0.39, 0.29) is 19.6 Å². The van der Waals surface area contributed by atoms with Gasteiger partial charge in [-0.25, -0.2) is 4.18 Å². The van der Waals surface area contributed by atoms with Crippen LogP contribution in [-0.4, -0.2) is 97.5 Å². The molecular formula is C40H70O12S. The number of ether oxygens (including phenoxy) is 4. The molecule has 0 bridgehead atoms. The van der Waals surface area contributed by atoms with Crippen molar-refractivity contribution < 1.29 is 56.2 Å². The molecule has 1 aliphatic rings. The summed E-state index contributed by atoms with van der Waals surface area (Å²) in [5, 5.41) is 30.1. The van der Waals surface area contributed by atoms with Gasteiger partial charge in [0.25, 0.3) is 0 Å². The fourth-order valence-electron chi connectivity index (χ4n) is 5.76. The van der Waals surface area contributed by atoms with E-state index in [1.54, 1.807) is 6.92 Å². The lowest BCUT2D eigenvalue weighted by atomic mass is 9.99. The van der Waals surface area contributed by atoms with Gasteiger partial charge in [-0.2, -0.15) is 8.42 Å². The fraction of sp³-hybridized carbons (Fsp3) is 0.775. The Morgan fingerprint density at radius 3 is 1.74 bits per heavy atom. The molecule has 1 rings (SSSR count). The molecule has 13 heteroatoms. The summed E-state index contributed by atoms with van der Waals surface area (Å²) in [7, 11) is -5.04. The van der Waals surface area contributed by atoms with E-state index in [1.165, 1.54) is 70.6 Å². The van der Waals surface area contributed by atoms with Crippen LogP contribution in [0.5, 0.6) is 0 Å². The molecule has 1 saturated heterocycles. The molecule has 0 radical (unpaired) electrons. The Labute approximate surface area is 319 Å². The van der Waals surface area contributed by atoms with Crippen molar-refractivity contribution in [3.05, 3.63) is 48.6 Å². The second-order valence-corrected chi connectivity index (χ2v) is 14.5. The molecule has 0 aliphatic carbocycles. The van der Waals surface area contributed by atoms with Gasteiger partial charge < -0.3 is 34.3 Å². The zero-order valence-electron chi connectivity index (χ0n) is 32.3. The predicted molar refractivity (Wildman–Crippen MR) is 206 cm³/mol. The lowest BCUT2D eigenvalue weighted by Crippen LogP contribution is -2.60. The highest BCUT2D eigenvalue weighted by molar-refractivity contribution is 7.80. The van der Waals surface area contributed by atoms with Crippen molar-refractivity contribution >= 4 is 16.4 Å². The van der Waals surface area contributed by atoms with Crippen molar-refractivity contribution in [2.75, 3.05) is 26.4 Å². The van der Waals surface area contributed by atoms with Gasteiger partial charge in [0.1, 0.15) is 30.5 Å². The van der Waals surface area contributed by atoms with Gasteiger partial charge in [0.05, 0.1) is 19.8 Å². The Balaban J connectivity index is 2.07. The number of unbranched alkanes of at least 4 members (excludes halogenated alkanes) is 13.